The second kappa shape index (κ2) is 4.83. The third-order valence-electron chi connectivity index (χ3n) is 3.23. The summed E-state index contributed by atoms with van der Waals surface area (Å²) < 4.78 is 18.6. The van der Waals surface area contributed by atoms with E-state index in [4.69, 9.17) is 4.74 Å². The molecule has 1 aliphatic heterocycles. The van der Waals surface area contributed by atoms with Crippen molar-refractivity contribution in [3.63, 3.8) is 0 Å². The van der Waals surface area contributed by atoms with Crippen molar-refractivity contribution in [2.75, 3.05) is 13.7 Å². The van der Waals surface area contributed by atoms with Crippen molar-refractivity contribution < 1.29 is 9.13 Å². The van der Waals surface area contributed by atoms with E-state index in [1.165, 1.54) is 20.0 Å². The fourth-order valence-electron chi connectivity index (χ4n) is 2.32. The smallest absolute Gasteiger partial charge is 0.165 e. The van der Waals surface area contributed by atoms with Crippen LogP contribution in [-0.2, 0) is 0 Å². The van der Waals surface area contributed by atoms with Crippen molar-refractivity contribution in [3.8, 4) is 5.75 Å². The van der Waals surface area contributed by atoms with E-state index in [2.05, 4.69) is 5.32 Å². The van der Waals surface area contributed by atoms with Gasteiger partial charge in [-0.15, -0.1) is 0 Å². The third-order valence-corrected chi connectivity index (χ3v) is 3.23. The molecule has 16 heavy (non-hydrogen) atoms. The van der Waals surface area contributed by atoms with E-state index in [-0.39, 0.29) is 5.82 Å². The second-order valence-corrected chi connectivity index (χ2v) is 4.35. The quantitative estimate of drug-likeness (QED) is 0.832. The lowest BCUT2D eigenvalue weighted by atomic mass is 9.94. The number of piperidine rings is 1. The van der Waals surface area contributed by atoms with Crippen molar-refractivity contribution in [1.29, 1.82) is 0 Å². The number of methoxy groups -OCH3 is 1. The first kappa shape index (κ1) is 11.4. The summed E-state index contributed by atoms with van der Waals surface area (Å²) in [6.07, 6.45) is 3.52. The molecule has 1 fully saturated rings. The van der Waals surface area contributed by atoms with Crippen molar-refractivity contribution in [2.45, 2.75) is 32.2 Å². The molecule has 88 valence electrons. The normalized spacial score (nSPS) is 20.8. The van der Waals surface area contributed by atoms with E-state index < -0.39 is 0 Å². The molecule has 1 aromatic rings. The molecule has 3 heteroatoms. The van der Waals surface area contributed by atoms with Crippen molar-refractivity contribution in [3.05, 3.63) is 29.1 Å². The maximum Gasteiger partial charge on any atom is 0.165 e. The fraction of sp³-hybridized carbons (Fsp3) is 0.538. The first-order valence-corrected chi connectivity index (χ1v) is 5.80. The minimum atomic E-state index is -0.268. The van der Waals surface area contributed by atoms with Crippen LogP contribution < -0.4 is 10.1 Å². The van der Waals surface area contributed by atoms with Gasteiger partial charge in [-0.05, 0) is 49.6 Å². The number of nitrogens with one attached hydrogen (secondary N) is 1. The highest BCUT2D eigenvalue weighted by Gasteiger charge is 2.18. The molecular formula is C13H18FNO. The van der Waals surface area contributed by atoms with Gasteiger partial charge >= 0.3 is 0 Å². The molecule has 0 aromatic heterocycles. The van der Waals surface area contributed by atoms with Crippen LogP contribution in [0.25, 0.3) is 0 Å². The molecule has 2 nitrogen and oxygen atoms in total. The summed E-state index contributed by atoms with van der Waals surface area (Å²) in [7, 11) is 1.50. The standard InChI is InChI=1S/C13H18FNO/c1-9-7-13(16-2)11(14)8-10(9)12-5-3-4-6-15-12/h7-8,12,15H,3-6H2,1-2H3. The maximum atomic E-state index is 13.6. The minimum Gasteiger partial charge on any atom is -0.494 e. The molecule has 0 bridgehead atoms. The molecule has 1 aromatic carbocycles. The number of benzene rings is 1. The SMILES string of the molecule is COc1cc(C)c(C2CCCCN2)cc1F. The zero-order valence-corrected chi connectivity index (χ0v) is 9.85. The van der Waals surface area contributed by atoms with Crippen LogP contribution in [0.15, 0.2) is 12.1 Å². The van der Waals surface area contributed by atoms with Gasteiger partial charge in [0.05, 0.1) is 7.11 Å². The Labute approximate surface area is 95.8 Å². The number of hydrogen-bond acceptors (Lipinski definition) is 2. The Balaban J connectivity index is 2.29. The van der Waals surface area contributed by atoms with Crippen LogP contribution in [-0.4, -0.2) is 13.7 Å². The van der Waals surface area contributed by atoms with E-state index >= 15 is 0 Å². The van der Waals surface area contributed by atoms with Gasteiger partial charge in [-0.3, -0.25) is 0 Å². The Hall–Kier alpha value is -1.09. The van der Waals surface area contributed by atoms with Gasteiger partial charge in [-0.25, -0.2) is 4.39 Å². The van der Waals surface area contributed by atoms with Crippen molar-refractivity contribution in [1.82, 2.24) is 5.32 Å². The number of halogens is 1. The first-order valence-electron chi connectivity index (χ1n) is 5.80. The Kier molecular flexibility index (Phi) is 3.44. The third kappa shape index (κ3) is 2.19. The molecule has 1 N–H and O–H groups in total. The van der Waals surface area contributed by atoms with Gasteiger partial charge in [-0.2, -0.15) is 0 Å². The van der Waals surface area contributed by atoms with Gasteiger partial charge in [0.2, 0.25) is 0 Å². The van der Waals surface area contributed by atoms with Gasteiger partial charge in [0.1, 0.15) is 0 Å². The maximum absolute atomic E-state index is 13.6. The predicted molar refractivity (Wildman–Crippen MR) is 62.3 cm³/mol. The highest BCUT2D eigenvalue weighted by Crippen LogP contribution is 2.29. The van der Waals surface area contributed by atoms with E-state index in [1.54, 1.807) is 12.1 Å². The topological polar surface area (TPSA) is 21.3 Å². The van der Waals surface area contributed by atoms with Gasteiger partial charge in [-0.1, -0.05) is 6.42 Å². The number of ether oxygens (including phenoxy) is 1. The average Bonchev–Trinajstić information content (AvgIpc) is 2.32. The molecule has 1 heterocycles. The van der Waals surface area contributed by atoms with E-state index in [9.17, 15) is 4.39 Å². The second-order valence-electron chi connectivity index (χ2n) is 4.35. The first-order chi connectivity index (χ1) is 7.72. The van der Waals surface area contributed by atoms with Crippen LogP contribution >= 0.6 is 0 Å². The number of aryl methyl sites for hydroxylation is 1. The molecule has 1 unspecified atom stereocenters. The van der Waals surface area contributed by atoms with Crippen molar-refractivity contribution >= 4 is 0 Å². The molecule has 2 rings (SSSR count). The molecule has 0 saturated carbocycles. The lowest BCUT2D eigenvalue weighted by Crippen LogP contribution is -2.27. The summed E-state index contributed by atoms with van der Waals surface area (Å²) in [5, 5.41) is 3.43. The van der Waals surface area contributed by atoms with Crippen LogP contribution in [0.3, 0.4) is 0 Å². The highest BCUT2D eigenvalue weighted by atomic mass is 19.1. The summed E-state index contributed by atoms with van der Waals surface area (Å²) in [6.45, 7) is 3.03. The van der Waals surface area contributed by atoms with Crippen LogP contribution in [0.5, 0.6) is 5.75 Å². The van der Waals surface area contributed by atoms with E-state index in [1.807, 2.05) is 6.92 Å². The molecule has 1 aliphatic rings. The predicted octanol–water partition coefficient (Wildman–Crippen LogP) is 2.96. The van der Waals surface area contributed by atoms with Gasteiger partial charge in [0.25, 0.3) is 0 Å². The zero-order valence-electron chi connectivity index (χ0n) is 9.85. The summed E-state index contributed by atoms with van der Waals surface area (Å²) in [4.78, 5) is 0. The lowest BCUT2D eigenvalue weighted by Gasteiger charge is -2.25. The van der Waals surface area contributed by atoms with E-state index in [0.29, 0.717) is 11.8 Å². The minimum absolute atomic E-state index is 0.268. The molecule has 0 amide bonds. The summed E-state index contributed by atoms with van der Waals surface area (Å²) in [5.41, 5.74) is 2.16. The molecule has 0 radical (unpaired) electrons. The van der Waals surface area contributed by atoms with Crippen LogP contribution in [0.1, 0.15) is 36.4 Å². The largest absolute Gasteiger partial charge is 0.494 e. The van der Waals surface area contributed by atoms with E-state index in [0.717, 1.165) is 24.1 Å². The van der Waals surface area contributed by atoms with Crippen LogP contribution in [0.2, 0.25) is 0 Å². The van der Waals surface area contributed by atoms with Crippen molar-refractivity contribution in [2.24, 2.45) is 0 Å². The Morgan fingerprint density at radius 1 is 1.38 bits per heavy atom. The zero-order chi connectivity index (χ0) is 11.5. The molecular weight excluding hydrogens is 205 g/mol. The number of hydrogen-bond donors (Lipinski definition) is 1. The van der Waals surface area contributed by atoms with Gasteiger partial charge < -0.3 is 10.1 Å². The fourth-order valence-corrected chi connectivity index (χ4v) is 2.32. The molecule has 0 aliphatic carbocycles. The summed E-state index contributed by atoms with van der Waals surface area (Å²) in [6, 6.07) is 3.69. The lowest BCUT2D eigenvalue weighted by molar-refractivity contribution is 0.381. The summed E-state index contributed by atoms with van der Waals surface area (Å²) in [5.74, 6) is 0.0625. The molecule has 1 atom stereocenters. The Bertz CT molecular complexity index is 372. The van der Waals surface area contributed by atoms with Gasteiger partial charge in [0, 0.05) is 6.04 Å². The molecule has 0 spiro atoms. The Morgan fingerprint density at radius 2 is 2.19 bits per heavy atom. The summed E-state index contributed by atoms with van der Waals surface area (Å²) >= 11 is 0. The number of rotatable bonds is 2. The molecule has 1 saturated heterocycles. The average molecular weight is 223 g/mol. The van der Waals surface area contributed by atoms with Gasteiger partial charge in [0.15, 0.2) is 11.6 Å². The Morgan fingerprint density at radius 3 is 2.81 bits per heavy atom. The van der Waals surface area contributed by atoms with Crippen LogP contribution in [0, 0.1) is 12.7 Å². The monoisotopic (exact) mass is 223 g/mol. The highest BCUT2D eigenvalue weighted by molar-refractivity contribution is 5.38. The van der Waals surface area contributed by atoms with Crippen LogP contribution in [0.4, 0.5) is 4.39 Å².